The number of hydrogen-bond acceptors (Lipinski definition) is 3. The zero-order valence-corrected chi connectivity index (χ0v) is 14.6. The number of rotatable bonds is 3. The molecule has 0 aromatic heterocycles. The molecule has 3 aliphatic rings. The topological polar surface area (TPSA) is 55.8 Å². The second-order valence-electron chi connectivity index (χ2n) is 7.77. The van der Waals surface area contributed by atoms with E-state index in [2.05, 4.69) is 17.1 Å². The van der Waals surface area contributed by atoms with Crippen molar-refractivity contribution in [2.75, 3.05) is 13.1 Å². The molecule has 1 aromatic rings. The molecule has 0 bridgehead atoms. The molecule has 3 fully saturated rings. The molecule has 4 rings (SSSR count). The van der Waals surface area contributed by atoms with Crippen molar-refractivity contribution in [3.63, 3.8) is 0 Å². The summed E-state index contributed by atoms with van der Waals surface area (Å²) in [4.78, 5) is 17.0. The van der Waals surface area contributed by atoms with Gasteiger partial charge in [-0.25, -0.2) is 9.18 Å². The van der Waals surface area contributed by atoms with Crippen LogP contribution in [0.3, 0.4) is 0 Å². The van der Waals surface area contributed by atoms with Crippen molar-refractivity contribution >= 4 is 6.03 Å². The molecule has 2 aliphatic heterocycles. The molecule has 25 heavy (non-hydrogen) atoms. The van der Waals surface area contributed by atoms with Gasteiger partial charge in [-0.1, -0.05) is 12.1 Å². The lowest BCUT2D eigenvalue weighted by Crippen LogP contribution is -2.46. The first-order valence-corrected chi connectivity index (χ1v) is 9.27. The van der Waals surface area contributed by atoms with Gasteiger partial charge in [0.25, 0.3) is 0 Å². The normalized spacial score (nSPS) is 33.0. The fourth-order valence-corrected chi connectivity index (χ4v) is 4.40. The van der Waals surface area contributed by atoms with Crippen LogP contribution in [-0.2, 0) is 0 Å². The van der Waals surface area contributed by atoms with Crippen LogP contribution in [0.5, 0.6) is 0 Å². The van der Waals surface area contributed by atoms with Crippen LogP contribution in [0.1, 0.15) is 44.2 Å². The smallest absolute Gasteiger partial charge is 0.318 e. The second-order valence-corrected chi connectivity index (χ2v) is 7.77. The van der Waals surface area contributed by atoms with Crippen LogP contribution in [0.2, 0.25) is 0 Å². The number of nitrogens with one attached hydrogen (secondary N) is 1. The molecule has 0 unspecified atom stereocenters. The Kier molecular flexibility index (Phi) is 4.41. The maximum atomic E-state index is 13.6. The van der Waals surface area contributed by atoms with Crippen LogP contribution < -0.4 is 5.32 Å². The molecular weight excluding hydrogens is 321 g/mol. The van der Waals surface area contributed by atoms with Crippen LogP contribution in [0.15, 0.2) is 24.3 Å². The first-order chi connectivity index (χ1) is 12.0. The number of amides is 2. The molecule has 0 radical (unpaired) electrons. The van der Waals surface area contributed by atoms with Gasteiger partial charge < -0.3 is 15.3 Å². The summed E-state index contributed by atoms with van der Waals surface area (Å²) in [6.07, 6.45) is 3.38. The average Bonchev–Trinajstić information content (AvgIpc) is 3.24. The molecule has 0 spiro atoms. The van der Waals surface area contributed by atoms with E-state index in [0.29, 0.717) is 25.0 Å². The SMILES string of the molecule is C[C@@H]1C[C@H](NC(=O)N2C[C@H](O)C[C@H]2c2cccc(F)c2)CN1C1CC1. The number of carbonyl (C=O) groups is 1. The Morgan fingerprint density at radius 1 is 1.28 bits per heavy atom. The number of likely N-dealkylation sites (tertiary alicyclic amines) is 2. The summed E-state index contributed by atoms with van der Waals surface area (Å²) >= 11 is 0. The van der Waals surface area contributed by atoms with Gasteiger partial charge in [0.15, 0.2) is 0 Å². The standard InChI is InChI=1S/C19H26FN3O2/c1-12-7-15(10-22(12)16-5-6-16)21-19(25)23-11-17(24)9-18(23)13-3-2-4-14(20)8-13/h2-4,8,12,15-18,24H,5-7,9-11H2,1H3,(H,21,25)/t12-,15+,17-,18+/m1/s1. The summed E-state index contributed by atoms with van der Waals surface area (Å²) in [5.41, 5.74) is 0.742. The molecule has 2 N–H and O–H groups in total. The first kappa shape index (κ1) is 16.8. The maximum absolute atomic E-state index is 13.6. The van der Waals surface area contributed by atoms with E-state index in [-0.39, 0.29) is 23.9 Å². The van der Waals surface area contributed by atoms with Gasteiger partial charge in [-0.15, -0.1) is 0 Å². The largest absolute Gasteiger partial charge is 0.391 e. The van der Waals surface area contributed by atoms with Gasteiger partial charge in [0, 0.05) is 31.2 Å². The fraction of sp³-hybridized carbons (Fsp3) is 0.632. The van der Waals surface area contributed by atoms with Crippen molar-refractivity contribution in [1.29, 1.82) is 0 Å². The fourth-order valence-electron chi connectivity index (χ4n) is 4.40. The van der Waals surface area contributed by atoms with E-state index in [1.807, 2.05) is 6.07 Å². The summed E-state index contributed by atoms with van der Waals surface area (Å²) in [6.45, 7) is 3.42. The van der Waals surface area contributed by atoms with E-state index in [0.717, 1.165) is 18.5 Å². The van der Waals surface area contributed by atoms with Crippen LogP contribution in [0.4, 0.5) is 9.18 Å². The molecule has 1 saturated carbocycles. The lowest BCUT2D eigenvalue weighted by Gasteiger charge is -2.27. The van der Waals surface area contributed by atoms with Gasteiger partial charge >= 0.3 is 6.03 Å². The number of aliphatic hydroxyl groups excluding tert-OH is 1. The van der Waals surface area contributed by atoms with Gasteiger partial charge in [-0.2, -0.15) is 0 Å². The number of aliphatic hydroxyl groups is 1. The lowest BCUT2D eigenvalue weighted by atomic mass is 10.0. The summed E-state index contributed by atoms with van der Waals surface area (Å²) in [5.74, 6) is -0.316. The Morgan fingerprint density at radius 3 is 2.80 bits per heavy atom. The van der Waals surface area contributed by atoms with E-state index >= 15 is 0 Å². The van der Waals surface area contributed by atoms with Gasteiger partial charge in [-0.05, 0) is 50.3 Å². The minimum Gasteiger partial charge on any atom is -0.391 e. The van der Waals surface area contributed by atoms with Crippen molar-refractivity contribution in [2.24, 2.45) is 0 Å². The zero-order chi connectivity index (χ0) is 17.6. The number of urea groups is 1. The number of halogens is 1. The van der Waals surface area contributed by atoms with Crippen molar-refractivity contribution < 1.29 is 14.3 Å². The molecule has 4 atom stereocenters. The van der Waals surface area contributed by atoms with Crippen molar-refractivity contribution in [1.82, 2.24) is 15.1 Å². The van der Waals surface area contributed by atoms with E-state index in [1.165, 1.54) is 25.0 Å². The number of hydrogen-bond donors (Lipinski definition) is 2. The highest BCUT2D eigenvalue weighted by Gasteiger charge is 2.41. The summed E-state index contributed by atoms with van der Waals surface area (Å²) in [5, 5.41) is 13.2. The number of carbonyl (C=O) groups excluding carboxylic acids is 1. The second kappa shape index (κ2) is 6.57. The van der Waals surface area contributed by atoms with Gasteiger partial charge in [0.05, 0.1) is 12.1 Å². The van der Waals surface area contributed by atoms with Gasteiger partial charge in [0.2, 0.25) is 0 Å². The third kappa shape index (κ3) is 3.51. The van der Waals surface area contributed by atoms with E-state index < -0.39 is 6.10 Å². The van der Waals surface area contributed by atoms with Gasteiger partial charge in [0.1, 0.15) is 5.82 Å². The molecule has 6 heteroatoms. The number of nitrogens with zero attached hydrogens (tertiary/aromatic N) is 2. The Labute approximate surface area is 147 Å². The van der Waals surface area contributed by atoms with Gasteiger partial charge in [-0.3, -0.25) is 4.90 Å². The third-order valence-electron chi connectivity index (χ3n) is 5.74. The van der Waals surface area contributed by atoms with E-state index in [9.17, 15) is 14.3 Å². The molecule has 136 valence electrons. The average molecular weight is 347 g/mol. The summed E-state index contributed by atoms with van der Waals surface area (Å²) < 4.78 is 13.6. The third-order valence-corrected chi connectivity index (χ3v) is 5.74. The monoisotopic (exact) mass is 347 g/mol. The van der Waals surface area contributed by atoms with Crippen molar-refractivity contribution in [2.45, 2.75) is 62.9 Å². The summed E-state index contributed by atoms with van der Waals surface area (Å²) in [6, 6.07) is 7.24. The molecule has 5 nitrogen and oxygen atoms in total. The van der Waals surface area contributed by atoms with E-state index in [1.54, 1.807) is 11.0 Å². The van der Waals surface area contributed by atoms with Crippen LogP contribution >= 0.6 is 0 Å². The van der Waals surface area contributed by atoms with E-state index in [4.69, 9.17) is 0 Å². The van der Waals surface area contributed by atoms with Crippen molar-refractivity contribution in [3.8, 4) is 0 Å². The quantitative estimate of drug-likeness (QED) is 0.882. The molecule has 1 aliphatic carbocycles. The zero-order valence-electron chi connectivity index (χ0n) is 14.6. The highest BCUT2D eigenvalue weighted by Crippen LogP contribution is 2.35. The molecule has 2 saturated heterocycles. The molecule has 2 heterocycles. The lowest BCUT2D eigenvalue weighted by molar-refractivity contribution is 0.167. The highest BCUT2D eigenvalue weighted by molar-refractivity contribution is 5.75. The Balaban J connectivity index is 1.43. The minimum absolute atomic E-state index is 0.147. The Bertz CT molecular complexity index is 651. The predicted molar refractivity (Wildman–Crippen MR) is 92.6 cm³/mol. The Hall–Kier alpha value is -1.66. The minimum atomic E-state index is -0.565. The first-order valence-electron chi connectivity index (χ1n) is 9.27. The highest BCUT2D eigenvalue weighted by atomic mass is 19.1. The van der Waals surface area contributed by atoms with Crippen LogP contribution in [0, 0.1) is 5.82 Å². The molecule has 1 aromatic carbocycles. The molecule has 2 amide bonds. The molecular formula is C19H26FN3O2. The summed E-state index contributed by atoms with van der Waals surface area (Å²) in [7, 11) is 0. The number of β-amino-alcohol motifs (C(OH)–C–C–N with tert-alkyl or cyclic N) is 1. The van der Waals surface area contributed by atoms with Crippen LogP contribution in [0.25, 0.3) is 0 Å². The number of benzene rings is 1. The maximum Gasteiger partial charge on any atom is 0.318 e. The Morgan fingerprint density at radius 2 is 2.08 bits per heavy atom. The van der Waals surface area contributed by atoms with Crippen molar-refractivity contribution in [3.05, 3.63) is 35.6 Å². The predicted octanol–water partition coefficient (Wildman–Crippen LogP) is 2.27. The van der Waals surface area contributed by atoms with Crippen LogP contribution in [-0.4, -0.2) is 58.3 Å².